The van der Waals surface area contributed by atoms with Gasteiger partial charge in [0.1, 0.15) is 5.82 Å². The highest BCUT2D eigenvalue weighted by Crippen LogP contribution is 2.31. The smallest absolute Gasteiger partial charge is 0.306 e. The number of hydrogen-bond acceptors (Lipinski definition) is 4. The number of likely N-dealkylation sites (tertiary alicyclic amines) is 1. The van der Waals surface area contributed by atoms with Gasteiger partial charge in [-0.2, -0.15) is 5.10 Å². The van der Waals surface area contributed by atoms with Crippen LogP contribution in [-0.2, 0) is 11.3 Å². The van der Waals surface area contributed by atoms with E-state index in [1.807, 2.05) is 48.5 Å². The van der Waals surface area contributed by atoms with Crippen molar-refractivity contribution in [1.82, 2.24) is 19.7 Å². The number of aliphatic carboxylic acids is 1. The van der Waals surface area contributed by atoms with Gasteiger partial charge in [-0.3, -0.25) is 14.7 Å². The van der Waals surface area contributed by atoms with E-state index in [0.717, 1.165) is 22.5 Å². The van der Waals surface area contributed by atoms with Crippen LogP contribution in [0.3, 0.4) is 0 Å². The molecule has 172 valence electrons. The van der Waals surface area contributed by atoms with Gasteiger partial charge in [-0.05, 0) is 50.2 Å². The van der Waals surface area contributed by atoms with Crippen LogP contribution in [0, 0.1) is 11.7 Å². The van der Waals surface area contributed by atoms with Gasteiger partial charge in [0, 0.05) is 23.2 Å². The molecule has 3 heterocycles. The van der Waals surface area contributed by atoms with Crippen LogP contribution in [0.4, 0.5) is 4.39 Å². The van der Waals surface area contributed by atoms with Crippen molar-refractivity contribution in [2.45, 2.75) is 19.4 Å². The third-order valence-electron chi connectivity index (χ3n) is 6.37. The SMILES string of the molecule is O=C(O)C1CCN(Cc2cnn(-c3ccc(-c4ccccc4)nc3)c2-c2ccccc2F)CC1. The first-order valence-corrected chi connectivity index (χ1v) is 11.4. The summed E-state index contributed by atoms with van der Waals surface area (Å²) < 4.78 is 16.6. The van der Waals surface area contributed by atoms with Gasteiger partial charge < -0.3 is 5.11 Å². The average molecular weight is 457 g/mol. The Morgan fingerprint density at radius 3 is 2.38 bits per heavy atom. The molecule has 0 spiro atoms. The van der Waals surface area contributed by atoms with Crippen molar-refractivity contribution in [3.8, 4) is 28.2 Å². The maximum absolute atomic E-state index is 14.9. The molecule has 34 heavy (non-hydrogen) atoms. The van der Waals surface area contributed by atoms with Crippen molar-refractivity contribution in [3.63, 3.8) is 0 Å². The zero-order chi connectivity index (χ0) is 23.5. The molecular formula is C27H25FN4O2. The maximum Gasteiger partial charge on any atom is 0.306 e. The molecule has 0 atom stereocenters. The van der Waals surface area contributed by atoms with Crippen molar-refractivity contribution in [1.29, 1.82) is 0 Å². The van der Waals surface area contributed by atoms with Crippen LogP contribution in [0.2, 0.25) is 0 Å². The van der Waals surface area contributed by atoms with E-state index in [1.54, 1.807) is 29.2 Å². The minimum atomic E-state index is -0.731. The summed E-state index contributed by atoms with van der Waals surface area (Å²) in [6.45, 7) is 1.95. The molecule has 6 nitrogen and oxygen atoms in total. The average Bonchev–Trinajstić information content (AvgIpc) is 3.28. The van der Waals surface area contributed by atoms with Gasteiger partial charge in [-0.25, -0.2) is 9.07 Å². The molecule has 2 aromatic heterocycles. The lowest BCUT2D eigenvalue weighted by molar-refractivity contribution is -0.143. The van der Waals surface area contributed by atoms with Crippen LogP contribution in [0.25, 0.3) is 28.2 Å². The summed E-state index contributed by atoms with van der Waals surface area (Å²) in [5.41, 5.74) is 4.68. The quantitative estimate of drug-likeness (QED) is 0.440. The summed E-state index contributed by atoms with van der Waals surface area (Å²) >= 11 is 0. The topological polar surface area (TPSA) is 71.2 Å². The third-order valence-corrected chi connectivity index (χ3v) is 6.37. The van der Waals surface area contributed by atoms with Gasteiger partial charge in [0.05, 0.1) is 35.4 Å². The molecule has 1 aliphatic rings. The molecule has 4 aromatic rings. The fraction of sp³-hybridized carbons (Fsp3) is 0.222. The Balaban J connectivity index is 1.48. The van der Waals surface area contributed by atoms with Gasteiger partial charge in [0.15, 0.2) is 0 Å². The number of rotatable bonds is 6. The van der Waals surface area contributed by atoms with E-state index in [2.05, 4.69) is 15.0 Å². The summed E-state index contributed by atoms with van der Waals surface area (Å²) in [7, 11) is 0. The molecule has 2 aromatic carbocycles. The van der Waals surface area contributed by atoms with Crippen molar-refractivity contribution >= 4 is 5.97 Å². The molecule has 0 aliphatic carbocycles. The van der Waals surface area contributed by atoms with Crippen molar-refractivity contribution in [2.24, 2.45) is 5.92 Å². The van der Waals surface area contributed by atoms with Crippen LogP contribution in [0.5, 0.6) is 0 Å². The second kappa shape index (κ2) is 9.57. The zero-order valence-electron chi connectivity index (χ0n) is 18.6. The number of carboxylic acids is 1. The van der Waals surface area contributed by atoms with E-state index in [9.17, 15) is 14.3 Å². The number of nitrogens with zero attached hydrogens (tertiary/aromatic N) is 4. The summed E-state index contributed by atoms with van der Waals surface area (Å²) in [4.78, 5) is 18.1. The number of carboxylic acid groups (broad SMARTS) is 1. The Morgan fingerprint density at radius 2 is 1.71 bits per heavy atom. The number of hydrogen-bond donors (Lipinski definition) is 1. The first-order chi connectivity index (χ1) is 16.6. The van der Waals surface area contributed by atoms with Gasteiger partial charge in [-0.1, -0.05) is 42.5 Å². The van der Waals surface area contributed by atoms with E-state index >= 15 is 0 Å². The van der Waals surface area contributed by atoms with Crippen molar-refractivity contribution in [3.05, 3.63) is 90.5 Å². The van der Waals surface area contributed by atoms with Crippen LogP contribution >= 0.6 is 0 Å². The Morgan fingerprint density at radius 1 is 0.971 bits per heavy atom. The van der Waals surface area contributed by atoms with E-state index < -0.39 is 5.97 Å². The van der Waals surface area contributed by atoms with E-state index in [1.165, 1.54) is 6.07 Å². The van der Waals surface area contributed by atoms with E-state index in [-0.39, 0.29) is 11.7 Å². The number of benzene rings is 2. The lowest BCUT2D eigenvalue weighted by Crippen LogP contribution is -2.35. The Kier molecular flexibility index (Phi) is 6.18. The predicted molar refractivity (Wildman–Crippen MR) is 128 cm³/mol. The van der Waals surface area contributed by atoms with E-state index in [0.29, 0.717) is 43.7 Å². The molecule has 1 saturated heterocycles. The minimum absolute atomic E-state index is 0.292. The van der Waals surface area contributed by atoms with Gasteiger partial charge in [0.2, 0.25) is 0 Å². The van der Waals surface area contributed by atoms with Crippen molar-refractivity contribution in [2.75, 3.05) is 13.1 Å². The monoisotopic (exact) mass is 456 g/mol. The fourth-order valence-corrected chi connectivity index (χ4v) is 4.50. The summed E-state index contributed by atoms with van der Waals surface area (Å²) in [5, 5.41) is 13.9. The fourth-order valence-electron chi connectivity index (χ4n) is 4.50. The van der Waals surface area contributed by atoms with Crippen LogP contribution in [0.1, 0.15) is 18.4 Å². The number of carbonyl (C=O) groups is 1. The molecule has 1 N–H and O–H groups in total. The number of piperidine rings is 1. The molecule has 1 fully saturated rings. The lowest BCUT2D eigenvalue weighted by atomic mass is 9.96. The molecular weight excluding hydrogens is 431 g/mol. The maximum atomic E-state index is 14.9. The van der Waals surface area contributed by atoms with Crippen molar-refractivity contribution < 1.29 is 14.3 Å². The van der Waals surface area contributed by atoms with Gasteiger partial charge in [0.25, 0.3) is 0 Å². The second-order valence-electron chi connectivity index (χ2n) is 8.57. The van der Waals surface area contributed by atoms with Crippen LogP contribution in [-0.4, -0.2) is 43.8 Å². The molecule has 5 rings (SSSR count). The molecule has 0 radical (unpaired) electrons. The Bertz CT molecular complexity index is 1280. The Hall–Kier alpha value is -3.84. The standard InChI is InChI=1S/C27H25FN4O2/c28-24-9-5-4-8-23(24)26-21(18-31-14-12-20(13-15-31)27(33)34)16-30-32(26)22-10-11-25(29-17-22)19-6-2-1-3-7-19/h1-11,16-17,20H,12-15,18H2,(H,33,34). The number of halogens is 1. The third kappa shape index (κ3) is 4.47. The molecule has 0 amide bonds. The highest BCUT2D eigenvalue weighted by Gasteiger charge is 2.26. The molecule has 7 heteroatoms. The molecule has 0 unspecified atom stereocenters. The van der Waals surface area contributed by atoms with Gasteiger partial charge in [-0.15, -0.1) is 0 Å². The van der Waals surface area contributed by atoms with Crippen LogP contribution in [0.15, 0.2) is 79.1 Å². The van der Waals surface area contributed by atoms with Crippen LogP contribution < -0.4 is 0 Å². The first kappa shape index (κ1) is 22.0. The normalized spacial score (nSPS) is 14.9. The molecule has 1 aliphatic heterocycles. The predicted octanol–water partition coefficient (Wildman–Crippen LogP) is 5.04. The highest BCUT2D eigenvalue weighted by atomic mass is 19.1. The minimum Gasteiger partial charge on any atom is -0.481 e. The summed E-state index contributed by atoms with van der Waals surface area (Å²) in [6.07, 6.45) is 4.75. The van der Waals surface area contributed by atoms with E-state index in [4.69, 9.17) is 0 Å². The Labute approximate surface area is 197 Å². The second-order valence-corrected chi connectivity index (χ2v) is 8.57. The number of pyridine rings is 1. The largest absolute Gasteiger partial charge is 0.481 e. The highest BCUT2D eigenvalue weighted by molar-refractivity contribution is 5.70. The molecule has 0 bridgehead atoms. The number of aromatic nitrogens is 3. The summed E-state index contributed by atoms with van der Waals surface area (Å²) in [6, 6.07) is 20.5. The molecule has 0 saturated carbocycles. The first-order valence-electron chi connectivity index (χ1n) is 11.4. The lowest BCUT2D eigenvalue weighted by Gasteiger charge is -2.30. The zero-order valence-corrected chi connectivity index (χ0v) is 18.6. The van der Waals surface area contributed by atoms with Gasteiger partial charge >= 0.3 is 5.97 Å². The summed E-state index contributed by atoms with van der Waals surface area (Å²) in [5.74, 6) is -1.34.